The fourth-order valence-corrected chi connectivity index (χ4v) is 4.81. The Kier molecular flexibility index (Phi) is 7.59. The number of nitrogens with zero attached hydrogens (tertiary/aromatic N) is 1. The first-order valence-electron chi connectivity index (χ1n) is 13.1. The summed E-state index contributed by atoms with van der Waals surface area (Å²) < 4.78 is 11.3. The molecule has 4 aromatic rings. The zero-order valence-electron chi connectivity index (χ0n) is 22.1. The molecule has 5 rings (SSSR count). The number of rotatable bonds is 8. The molecule has 0 atom stereocenters. The van der Waals surface area contributed by atoms with E-state index >= 15 is 0 Å². The van der Waals surface area contributed by atoms with Crippen molar-refractivity contribution >= 4 is 39.9 Å². The van der Waals surface area contributed by atoms with Crippen LogP contribution in [0, 0.1) is 0 Å². The Bertz CT molecular complexity index is 1480. The van der Waals surface area contributed by atoms with Gasteiger partial charge < -0.3 is 20.1 Å². The van der Waals surface area contributed by atoms with Crippen LogP contribution in [0.4, 0.5) is 17.1 Å². The monoisotopic (exact) mass is 507 g/mol. The summed E-state index contributed by atoms with van der Waals surface area (Å²) in [6.07, 6.45) is 7.68. The predicted molar refractivity (Wildman–Crippen MR) is 155 cm³/mol. The van der Waals surface area contributed by atoms with E-state index in [1.165, 1.54) is 5.56 Å². The van der Waals surface area contributed by atoms with Crippen LogP contribution in [0.3, 0.4) is 0 Å². The number of aromatic nitrogens is 1. The summed E-state index contributed by atoms with van der Waals surface area (Å²) in [4.78, 5) is 17.7. The summed E-state index contributed by atoms with van der Waals surface area (Å²) in [7, 11) is 1.68. The summed E-state index contributed by atoms with van der Waals surface area (Å²) in [5, 5.41) is 7.61. The van der Waals surface area contributed by atoms with Crippen molar-refractivity contribution in [1.29, 1.82) is 0 Å². The van der Waals surface area contributed by atoms with E-state index in [1.54, 1.807) is 19.3 Å². The molecule has 38 heavy (non-hydrogen) atoms. The highest BCUT2D eigenvalue weighted by molar-refractivity contribution is 6.04. The predicted octanol–water partition coefficient (Wildman–Crippen LogP) is 7.30. The molecule has 0 unspecified atom stereocenters. The number of anilines is 3. The Balaban J connectivity index is 1.41. The largest absolute Gasteiger partial charge is 0.495 e. The van der Waals surface area contributed by atoms with Gasteiger partial charge in [0.1, 0.15) is 11.5 Å². The number of carbonyl (C=O) groups excluding carboxylic acids is 1. The molecule has 0 saturated heterocycles. The van der Waals surface area contributed by atoms with Gasteiger partial charge in [-0.3, -0.25) is 9.78 Å². The number of carbonyl (C=O) groups is 1. The molecule has 0 fully saturated rings. The van der Waals surface area contributed by atoms with Crippen LogP contribution >= 0.6 is 0 Å². The lowest BCUT2D eigenvalue weighted by Gasteiger charge is -2.22. The average molecular weight is 508 g/mol. The standard InChI is InChI=1S/C32H33N3O3/c1-21(2)38-24-16-12-22(13-17-24)14-19-31(36)33-23-15-18-28-26(20-23)32(25-8-4-5-9-27(25)34-28)35-29-10-6-7-11-30(29)37-3/h6-7,10-21H,4-5,8-9H2,1-3H3,(H,33,36)(H,34,35)/b19-14+. The smallest absolute Gasteiger partial charge is 0.248 e. The average Bonchev–Trinajstić information content (AvgIpc) is 2.93. The number of ether oxygens (including phenoxy) is 2. The number of para-hydroxylation sites is 2. The Morgan fingerprint density at radius 1 is 1.00 bits per heavy atom. The zero-order chi connectivity index (χ0) is 26.5. The summed E-state index contributed by atoms with van der Waals surface area (Å²) >= 11 is 0. The van der Waals surface area contributed by atoms with Crippen molar-refractivity contribution in [3.8, 4) is 11.5 Å². The second-order valence-electron chi connectivity index (χ2n) is 9.73. The lowest BCUT2D eigenvalue weighted by Crippen LogP contribution is -2.11. The number of pyridine rings is 1. The molecule has 3 aromatic carbocycles. The molecule has 1 aliphatic rings. The maximum Gasteiger partial charge on any atom is 0.248 e. The molecule has 2 N–H and O–H groups in total. The maximum absolute atomic E-state index is 12.8. The number of amides is 1. The van der Waals surface area contributed by atoms with Crippen LogP contribution in [0.5, 0.6) is 11.5 Å². The van der Waals surface area contributed by atoms with E-state index in [9.17, 15) is 4.79 Å². The fourth-order valence-electron chi connectivity index (χ4n) is 4.81. The van der Waals surface area contributed by atoms with Crippen LogP contribution in [-0.2, 0) is 17.6 Å². The van der Waals surface area contributed by atoms with Crippen molar-refractivity contribution in [3.63, 3.8) is 0 Å². The van der Waals surface area contributed by atoms with Gasteiger partial charge in [0.15, 0.2) is 0 Å². The number of benzene rings is 3. The number of hydrogen-bond acceptors (Lipinski definition) is 5. The molecule has 194 valence electrons. The third kappa shape index (κ3) is 5.80. The molecule has 1 heterocycles. The van der Waals surface area contributed by atoms with Crippen molar-refractivity contribution in [1.82, 2.24) is 4.98 Å². The van der Waals surface area contributed by atoms with Crippen molar-refractivity contribution in [2.75, 3.05) is 17.7 Å². The second-order valence-corrected chi connectivity index (χ2v) is 9.73. The molecule has 1 aliphatic carbocycles. The Hall–Kier alpha value is -4.32. The van der Waals surface area contributed by atoms with Crippen molar-refractivity contribution < 1.29 is 14.3 Å². The quantitative estimate of drug-likeness (QED) is 0.245. The zero-order valence-corrected chi connectivity index (χ0v) is 22.1. The van der Waals surface area contributed by atoms with Gasteiger partial charge >= 0.3 is 0 Å². The van der Waals surface area contributed by atoms with Crippen LogP contribution in [0.1, 0.15) is 43.5 Å². The molecule has 0 aliphatic heterocycles. The van der Waals surface area contributed by atoms with Gasteiger partial charge in [0, 0.05) is 22.8 Å². The van der Waals surface area contributed by atoms with Gasteiger partial charge in [-0.15, -0.1) is 0 Å². The van der Waals surface area contributed by atoms with Gasteiger partial charge in [-0.2, -0.15) is 0 Å². The molecular formula is C32H33N3O3. The van der Waals surface area contributed by atoms with Gasteiger partial charge in [-0.25, -0.2) is 0 Å². The van der Waals surface area contributed by atoms with E-state index in [0.717, 1.165) is 70.7 Å². The molecule has 1 amide bonds. The van der Waals surface area contributed by atoms with Crippen LogP contribution in [0.2, 0.25) is 0 Å². The maximum atomic E-state index is 12.8. The molecular weight excluding hydrogens is 474 g/mol. The highest BCUT2D eigenvalue weighted by Gasteiger charge is 2.19. The first-order valence-corrected chi connectivity index (χ1v) is 13.1. The first kappa shape index (κ1) is 25.3. The van der Waals surface area contributed by atoms with E-state index in [4.69, 9.17) is 14.5 Å². The molecule has 0 spiro atoms. The number of hydrogen-bond donors (Lipinski definition) is 2. The molecule has 1 aromatic heterocycles. The Morgan fingerprint density at radius 3 is 2.58 bits per heavy atom. The SMILES string of the molecule is COc1ccccc1Nc1c2c(nc3ccc(NC(=O)/C=C/c4ccc(OC(C)C)cc4)cc13)CCCC2. The molecule has 0 bridgehead atoms. The third-order valence-corrected chi connectivity index (χ3v) is 6.58. The van der Waals surface area contributed by atoms with Crippen LogP contribution < -0.4 is 20.1 Å². The van der Waals surface area contributed by atoms with E-state index in [-0.39, 0.29) is 12.0 Å². The summed E-state index contributed by atoms with van der Waals surface area (Å²) in [5.74, 6) is 1.39. The number of nitrogens with one attached hydrogen (secondary N) is 2. The van der Waals surface area contributed by atoms with Crippen LogP contribution in [0.15, 0.2) is 72.8 Å². The van der Waals surface area contributed by atoms with E-state index in [0.29, 0.717) is 5.69 Å². The normalized spacial score (nSPS) is 12.9. The summed E-state index contributed by atoms with van der Waals surface area (Å²) in [6, 6.07) is 21.5. The van der Waals surface area contributed by atoms with Gasteiger partial charge in [-0.05, 0) is 99.2 Å². The Morgan fingerprint density at radius 2 is 1.79 bits per heavy atom. The first-order chi connectivity index (χ1) is 18.5. The van der Waals surface area contributed by atoms with Crippen LogP contribution in [0.25, 0.3) is 17.0 Å². The van der Waals surface area contributed by atoms with E-state index < -0.39 is 0 Å². The second kappa shape index (κ2) is 11.4. The van der Waals surface area contributed by atoms with E-state index in [1.807, 2.05) is 80.6 Å². The lowest BCUT2D eigenvalue weighted by molar-refractivity contribution is -0.111. The summed E-state index contributed by atoms with van der Waals surface area (Å²) in [6.45, 7) is 3.99. The van der Waals surface area contributed by atoms with Gasteiger partial charge in [0.05, 0.1) is 30.1 Å². The van der Waals surface area contributed by atoms with Gasteiger partial charge in [0.25, 0.3) is 0 Å². The molecule has 6 nitrogen and oxygen atoms in total. The topological polar surface area (TPSA) is 72.5 Å². The molecule has 0 saturated carbocycles. The number of methoxy groups -OCH3 is 1. The molecule has 0 radical (unpaired) electrons. The molecule has 6 heteroatoms. The van der Waals surface area contributed by atoms with Crippen molar-refractivity contribution in [2.24, 2.45) is 0 Å². The lowest BCUT2D eigenvalue weighted by atomic mass is 9.92. The Labute approximate surface area is 223 Å². The number of aryl methyl sites for hydroxylation is 1. The van der Waals surface area contributed by atoms with Gasteiger partial charge in [0.2, 0.25) is 5.91 Å². The van der Waals surface area contributed by atoms with Crippen molar-refractivity contribution in [2.45, 2.75) is 45.6 Å². The summed E-state index contributed by atoms with van der Waals surface area (Å²) in [5.41, 5.74) is 6.86. The van der Waals surface area contributed by atoms with Crippen molar-refractivity contribution in [3.05, 3.63) is 89.6 Å². The highest BCUT2D eigenvalue weighted by atomic mass is 16.5. The minimum Gasteiger partial charge on any atom is -0.495 e. The van der Waals surface area contributed by atoms with E-state index in [2.05, 4.69) is 10.6 Å². The minimum atomic E-state index is -0.197. The minimum absolute atomic E-state index is 0.121. The highest BCUT2D eigenvalue weighted by Crippen LogP contribution is 2.38. The van der Waals surface area contributed by atoms with Gasteiger partial charge in [-0.1, -0.05) is 24.3 Å². The fraction of sp³-hybridized carbons (Fsp3) is 0.250. The van der Waals surface area contributed by atoms with Crippen LogP contribution in [-0.4, -0.2) is 24.1 Å². The third-order valence-electron chi connectivity index (χ3n) is 6.58. The number of fused-ring (bicyclic) bond motifs is 2.